The molecule has 2 amide bonds. The molecular weight excluding hydrogens is 446 g/mol. The van der Waals surface area contributed by atoms with Crippen LogP contribution in [0.3, 0.4) is 0 Å². The normalized spacial score (nSPS) is 16.5. The van der Waals surface area contributed by atoms with Crippen molar-refractivity contribution in [3.63, 3.8) is 0 Å². The van der Waals surface area contributed by atoms with E-state index >= 15 is 0 Å². The Labute approximate surface area is 193 Å². The van der Waals surface area contributed by atoms with Crippen LogP contribution >= 0.6 is 0 Å². The van der Waals surface area contributed by atoms with E-state index in [2.05, 4.69) is 15.5 Å². The average Bonchev–Trinajstić information content (AvgIpc) is 3.02. The topological polar surface area (TPSA) is 125 Å². The molecule has 0 unspecified atom stereocenters. The lowest BCUT2D eigenvalue weighted by molar-refractivity contribution is -0.384. The molecule has 0 aromatic heterocycles. The summed E-state index contributed by atoms with van der Waals surface area (Å²) in [7, 11) is -1.71. The molecule has 1 aliphatic rings. The zero-order valence-corrected chi connectivity index (χ0v) is 19.5. The van der Waals surface area contributed by atoms with Crippen LogP contribution in [0.2, 0.25) is 0 Å². The summed E-state index contributed by atoms with van der Waals surface area (Å²) in [6.45, 7) is 4.23. The number of nitrogens with zero attached hydrogens (tertiary/aromatic N) is 3. The van der Waals surface area contributed by atoms with E-state index < -0.39 is 27.0 Å². The zero-order valence-electron chi connectivity index (χ0n) is 18.7. The molecule has 0 saturated carbocycles. The van der Waals surface area contributed by atoms with Gasteiger partial charge in [0, 0.05) is 37.5 Å². The van der Waals surface area contributed by atoms with Gasteiger partial charge in [-0.15, -0.1) is 0 Å². The molecule has 1 saturated heterocycles. The minimum Gasteiger partial charge on any atom is -0.331 e. The van der Waals surface area contributed by atoms with Gasteiger partial charge in [0.25, 0.3) is 5.69 Å². The Morgan fingerprint density at radius 1 is 1.12 bits per heavy atom. The summed E-state index contributed by atoms with van der Waals surface area (Å²) in [5.41, 5.74) is 0.907. The van der Waals surface area contributed by atoms with Gasteiger partial charge < -0.3 is 15.5 Å². The minimum atomic E-state index is -3.68. The molecule has 33 heavy (non-hydrogen) atoms. The number of nitrogens with one attached hydrogen (secondary N) is 2. The molecule has 1 aliphatic heterocycles. The highest BCUT2D eigenvalue weighted by Crippen LogP contribution is 2.23. The van der Waals surface area contributed by atoms with Crippen LogP contribution in [0.25, 0.3) is 0 Å². The Morgan fingerprint density at radius 3 is 2.61 bits per heavy atom. The lowest BCUT2D eigenvalue weighted by Gasteiger charge is -2.21. The van der Waals surface area contributed by atoms with Gasteiger partial charge in [-0.3, -0.25) is 10.1 Å². The summed E-state index contributed by atoms with van der Waals surface area (Å²) in [5.74, 6) is 0. The van der Waals surface area contributed by atoms with E-state index in [0.29, 0.717) is 37.3 Å². The van der Waals surface area contributed by atoms with Crippen LogP contribution in [0.4, 0.5) is 16.2 Å². The molecule has 1 fully saturated rings. The summed E-state index contributed by atoms with van der Waals surface area (Å²) in [6, 6.07) is 11.3. The number of benzene rings is 2. The lowest BCUT2D eigenvalue weighted by Crippen LogP contribution is -2.34. The van der Waals surface area contributed by atoms with Crippen molar-refractivity contribution >= 4 is 27.4 Å². The average molecular weight is 476 g/mol. The number of non-ortho nitro benzene ring substituents is 1. The highest BCUT2D eigenvalue weighted by atomic mass is 32.2. The number of sulfonamides is 1. The summed E-state index contributed by atoms with van der Waals surface area (Å²) in [4.78, 5) is 25.4. The Balaban J connectivity index is 1.71. The van der Waals surface area contributed by atoms with Crippen LogP contribution in [-0.2, 0) is 10.0 Å². The van der Waals surface area contributed by atoms with Gasteiger partial charge in [0.2, 0.25) is 10.0 Å². The Hall–Kier alpha value is -3.02. The van der Waals surface area contributed by atoms with Crippen molar-refractivity contribution in [1.82, 2.24) is 14.5 Å². The molecule has 11 heteroatoms. The quantitative estimate of drug-likeness (QED) is 0.468. The van der Waals surface area contributed by atoms with Gasteiger partial charge in [0.1, 0.15) is 0 Å². The van der Waals surface area contributed by atoms with Gasteiger partial charge in [0.05, 0.1) is 15.9 Å². The predicted molar refractivity (Wildman–Crippen MR) is 126 cm³/mol. The Bertz CT molecular complexity index is 1110. The van der Waals surface area contributed by atoms with Crippen molar-refractivity contribution in [2.24, 2.45) is 0 Å². The maximum absolute atomic E-state index is 13.1. The molecule has 2 aromatic rings. The summed E-state index contributed by atoms with van der Waals surface area (Å²) in [6.07, 6.45) is 1.28. The van der Waals surface area contributed by atoms with Gasteiger partial charge in [-0.1, -0.05) is 25.1 Å². The van der Waals surface area contributed by atoms with Crippen LogP contribution in [-0.4, -0.2) is 61.8 Å². The first-order valence-electron chi connectivity index (χ1n) is 10.8. The molecule has 1 heterocycles. The third kappa shape index (κ3) is 6.28. The lowest BCUT2D eigenvalue weighted by atomic mass is 10.0. The van der Waals surface area contributed by atoms with Gasteiger partial charge in [-0.05, 0) is 50.2 Å². The highest BCUT2D eigenvalue weighted by molar-refractivity contribution is 7.89. The number of rotatable bonds is 7. The number of urea groups is 1. The molecule has 3 rings (SSSR count). The van der Waals surface area contributed by atoms with Gasteiger partial charge in [-0.25, -0.2) is 13.2 Å². The fourth-order valence-electron chi connectivity index (χ4n) is 3.75. The van der Waals surface area contributed by atoms with Crippen molar-refractivity contribution in [3.05, 3.63) is 64.2 Å². The van der Waals surface area contributed by atoms with Crippen molar-refractivity contribution in [2.75, 3.05) is 38.5 Å². The molecule has 0 radical (unpaired) electrons. The van der Waals surface area contributed by atoms with Gasteiger partial charge in [-0.2, -0.15) is 4.31 Å². The predicted octanol–water partition coefficient (Wildman–Crippen LogP) is 3.19. The number of amides is 2. The molecule has 2 aromatic carbocycles. The smallest absolute Gasteiger partial charge is 0.319 e. The Morgan fingerprint density at radius 2 is 1.88 bits per heavy atom. The SMILES string of the molecule is CC[C@H](NC(=O)Nc1cccc(S(=O)(=O)N2CCCN(C)CC2)c1)c1cccc([N+](=O)[O-])c1. The first-order chi connectivity index (χ1) is 15.7. The molecule has 0 aliphatic carbocycles. The standard InChI is InChI=1S/C22H29N5O5S/c1-3-21(17-7-4-9-19(15-17)27(29)30)24-22(28)23-18-8-5-10-20(16-18)33(31,32)26-12-6-11-25(2)13-14-26/h4-5,7-10,15-16,21H,3,6,11-14H2,1-2H3,(H2,23,24,28)/t21-/m0/s1. The molecule has 0 spiro atoms. The molecule has 178 valence electrons. The van der Waals surface area contributed by atoms with Crippen LogP contribution in [0.15, 0.2) is 53.4 Å². The summed E-state index contributed by atoms with van der Waals surface area (Å²) >= 11 is 0. The molecule has 0 bridgehead atoms. The van der Waals surface area contributed by atoms with Crippen LogP contribution in [0, 0.1) is 10.1 Å². The number of nitro groups is 1. The second-order valence-corrected chi connectivity index (χ2v) is 9.94. The monoisotopic (exact) mass is 475 g/mol. The maximum Gasteiger partial charge on any atom is 0.319 e. The molecule has 1 atom stereocenters. The summed E-state index contributed by atoms with van der Waals surface area (Å²) in [5, 5.41) is 16.5. The minimum absolute atomic E-state index is 0.0502. The van der Waals surface area contributed by atoms with Crippen molar-refractivity contribution < 1.29 is 18.1 Å². The van der Waals surface area contributed by atoms with Crippen LogP contribution < -0.4 is 10.6 Å². The van der Waals surface area contributed by atoms with E-state index in [0.717, 1.165) is 13.0 Å². The number of hydrogen-bond donors (Lipinski definition) is 2. The Kier molecular flexibility index (Phi) is 8.01. The van der Waals surface area contributed by atoms with Gasteiger partial charge >= 0.3 is 6.03 Å². The molecule has 2 N–H and O–H groups in total. The van der Waals surface area contributed by atoms with E-state index in [1.54, 1.807) is 24.3 Å². The second kappa shape index (κ2) is 10.7. The van der Waals surface area contributed by atoms with E-state index in [9.17, 15) is 23.3 Å². The zero-order chi connectivity index (χ0) is 24.0. The van der Waals surface area contributed by atoms with Gasteiger partial charge in [0.15, 0.2) is 0 Å². The number of likely N-dealkylation sites (N-methyl/N-ethyl adjacent to an activating group) is 1. The number of nitro benzene ring substituents is 1. The van der Waals surface area contributed by atoms with E-state index in [-0.39, 0.29) is 10.6 Å². The molecular formula is C22H29N5O5S. The maximum atomic E-state index is 13.1. The fraction of sp³-hybridized carbons (Fsp3) is 0.409. The first-order valence-corrected chi connectivity index (χ1v) is 12.3. The number of carbonyl (C=O) groups excluding carboxylic acids is 1. The molecule has 10 nitrogen and oxygen atoms in total. The second-order valence-electron chi connectivity index (χ2n) is 8.00. The number of carbonyl (C=O) groups is 1. The van der Waals surface area contributed by atoms with Crippen LogP contribution in [0.1, 0.15) is 31.4 Å². The third-order valence-corrected chi connectivity index (χ3v) is 7.50. The number of hydrogen-bond acceptors (Lipinski definition) is 6. The number of anilines is 1. The third-order valence-electron chi connectivity index (χ3n) is 5.61. The van der Waals surface area contributed by atoms with Crippen LogP contribution in [0.5, 0.6) is 0 Å². The van der Waals surface area contributed by atoms with E-state index in [1.165, 1.54) is 28.6 Å². The van der Waals surface area contributed by atoms with Crippen molar-refractivity contribution in [1.29, 1.82) is 0 Å². The van der Waals surface area contributed by atoms with E-state index in [4.69, 9.17) is 0 Å². The van der Waals surface area contributed by atoms with Crippen molar-refractivity contribution in [2.45, 2.75) is 30.7 Å². The fourth-order valence-corrected chi connectivity index (χ4v) is 5.26. The van der Waals surface area contributed by atoms with Crippen molar-refractivity contribution in [3.8, 4) is 0 Å². The van der Waals surface area contributed by atoms with E-state index in [1.807, 2.05) is 14.0 Å². The first kappa shape index (κ1) is 24.6. The largest absolute Gasteiger partial charge is 0.331 e. The highest BCUT2D eigenvalue weighted by Gasteiger charge is 2.26. The summed E-state index contributed by atoms with van der Waals surface area (Å²) < 4.78 is 27.7.